The van der Waals surface area contributed by atoms with Gasteiger partial charge in [0.1, 0.15) is 25.3 Å². The molecule has 0 N–H and O–H groups in total. The molecule has 1 aromatic carbocycles. The Balaban J connectivity index is 2.25. The molecule has 0 aliphatic carbocycles. The molecule has 1 aliphatic heterocycles. The lowest BCUT2D eigenvalue weighted by Gasteiger charge is -2.20. The van der Waals surface area contributed by atoms with Crippen LogP contribution in [-0.4, -0.2) is 32.5 Å². The van der Waals surface area contributed by atoms with Crippen molar-refractivity contribution in [1.29, 1.82) is 5.26 Å². The Labute approximate surface area is 115 Å². The minimum atomic E-state index is -0.481. The molecule has 1 aliphatic rings. The molecule has 1 atom stereocenters. The van der Waals surface area contributed by atoms with Crippen molar-refractivity contribution in [1.82, 2.24) is 0 Å². The molecule has 19 heavy (non-hydrogen) atoms. The molecule has 0 radical (unpaired) electrons. The maximum atomic E-state index is 11.7. The van der Waals surface area contributed by atoms with Crippen LogP contribution in [-0.2, 0) is 14.5 Å². The van der Waals surface area contributed by atoms with Gasteiger partial charge < -0.3 is 4.74 Å². The van der Waals surface area contributed by atoms with E-state index >= 15 is 0 Å². The van der Waals surface area contributed by atoms with E-state index in [9.17, 15) is 4.79 Å². The topological polar surface area (TPSA) is 71.8 Å². The fraction of sp³-hybridized carbons (Fsp3) is 0.333. The summed E-state index contributed by atoms with van der Waals surface area (Å²) in [4.78, 5) is 22.5. The maximum absolute atomic E-state index is 11.7. The zero-order chi connectivity index (χ0) is 13.8. The van der Waals surface area contributed by atoms with Crippen molar-refractivity contribution in [3.05, 3.63) is 28.8 Å². The first-order chi connectivity index (χ1) is 9.17. The van der Waals surface area contributed by atoms with Gasteiger partial charge in [-0.3, -0.25) is 4.90 Å². The van der Waals surface area contributed by atoms with Gasteiger partial charge >= 0.3 is 6.09 Å². The van der Waals surface area contributed by atoms with Gasteiger partial charge in [0, 0.05) is 5.69 Å². The number of nitriles is 1. The monoisotopic (exact) mass is 282 g/mol. The van der Waals surface area contributed by atoms with E-state index in [-0.39, 0.29) is 24.3 Å². The number of cyclic esters (lactones) is 1. The van der Waals surface area contributed by atoms with E-state index in [0.717, 1.165) is 0 Å². The minimum Gasteiger partial charge on any atom is -0.447 e. The predicted molar refractivity (Wildman–Crippen MR) is 66.7 cm³/mol. The zero-order valence-electron chi connectivity index (χ0n) is 10.1. The molecular weight excluding hydrogens is 272 g/mol. The number of amides is 1. The predicted octanol–water partition coefficient (Wildman–Crippen LogP) is 2.11. The highest BCUT2D eigenvalue weighted by atomic mass is 35.5. The third-order valence-corrected chi connectivity index (χ3v) is 3.00. The molecule has 1 amide bonds. The van der Waals surface area contributed by atoms with Gasteiger partial charge in [-0.2, -0.15) is 5.26 Å². The van der Waals surface area contributed by atoms with E-state index in [1.54, 1.807) is 18.2 Å². The van der Waals surface area contributed by atoms with Crippen molar-refractivity contribution in [2.24, 2.45) is 0 Å². The lowest BCUT2D eigenvalue weighted by Crippen LogP contribution is -2.36. The quantitative estimate of drug-likeness (QED) is 0.625. The molecule has 0 bridgehead atoms. The van der Waals surface area contributed by atoms with E-state index in [4.69, 9.17) is 26.5 Å². The van der Waals surface area contributed by atoms with Crippen molar-refractivity contribution >= 4 is 23.4 Å². The number of rotatable bonds is 4. The van der Waals surface area contributed by atoms with Gasteiger partial charge in [-0.1, -0.05) is 11.6 Å². The summed E-state index contributed by atoms with van der Waals surface area (Å²) in [6, 6.07) is 6.40. The summed E-state index contributed by atoms with van der Waals surface area (Å²) in [7, 11) is 1.39. The molecule has 7 heteroatoms. The van der Waals surface area contributed by atoms with Crippen LogP contribution in [0.1, 0.15) is 5.56 Å². The van der Waals surface area contributed by atoms with E-state index in [1.807, 2.05) is 6.07 Å². The van der Waals surface area contributed by atoms with E-state index in [1.165, 1.54) is 12.0 Å². The first-order valence-electron chi connectivity index (χ1n) is 5.48. The highest BCUT2D eigenvalue weighted by Crippen LogP contribution is 2.28. The van der Waals surface area contributed by atoms with Crippen LogP contribution in [0.4, 0.5) is 10.5 Å². The van der Waals surface area contributed by atoms with Crippen LogP contribution in [0.25, 0.3) is 0 Å². The molecule has 1 saturated heterocycles. The molecule has 2 rings (SSSR count). The standard InChI is InChI=1S/C12H11ClN2O4/c1-17-19-7-10-6-18-12(16)15(10)9-3-2-8(5-14)11(13)4-9/h2-4,10H,6-7H2,1H3/t10-/m1/s1. The Morgan fingerprint density at radius 2 is 2.42 bits per heavy atom. The molecule has 1 fully saturated rings. The second-order valence-corrected chi connectivity index (χ2v) is 4.24. The molecule has 1 heterocycles. The molecular formula is C12H11ClN2O4. The summed E-state index contributed by atoms with van der Waals surface area (Å²) in [5.41, 5.74) is 0.902. The molecule has 100 valence electrons. The summed E-state index contributed by atoms with van der Waals surface area (Å²) in [6.45, 7) is 0.389. The molecule has 1 aromatic rings. The Morgan fingerprint density at radius 3 is 3.05 bits per heavy atom. The highest BCUT2D eigenvalue weighted by Gasteiger charge is 2.34. The van der Waals surface area contributed by atoms with E-state index in [0.29, 0.717) is 11.3 Å². The van der Waals surface area contributed by atoms with E-state index < -0.39 is 6.09 Å². The fourth-order valence-corrected chi connectivity index (χ4v) is 2.01. The van der Waals surface area contributed by atoms with Gasteiger partial charge in [0.25, 0.3) is 0 Å². The molecule has 0 saturated carbocycles. The number of ether oxygens (including phenoxy) is 1. The van der Waals surface area contributed by atoms with Crippen LogP contribution in [0.5, 0.6) is 0 Å². The zero-order valence-corrected chi connectivity index (χ0v) is 10.9. The van der Waals surface area contributed by atoms with Crippen molar-refractivity contribution in [2.45, 2.75) is 6.04 Å². The van der Waals surface area contributed by atoms with Gasteiger partial charge in [0.05, 0.1) is 17.7 Å². The van der Waals surface area contributed by atoms with Gasteiger partial charge in [-0.25, -0.2) is 14.6 Å². The van der Waals surface area contributed by atoms with Crippen LogP contribution in [0.2, 0.25) is 5.02 Å². The third-order valence-electron chi connectivity index (χ3n) is 2.69. The molecule has 6 nitrogen and oxygen atoms in total. The number of nitrogens with zero attached hydrogens (tertiary/aromatic N) is 2. The lowest BCUT2D eigenvalue weighted by atomic mass is 10.2. The highest BCUT2D eigenvalue weighted by molar-refractivity contribution is 6.32. The first-order valence-corrected chi connectivity index (χ1v) is 5.86. The number of benzene rings is 1. The number of halogens is 1. The molecule has 0 aromatic heterocycles. The van der Waals surface area contributed by atoms with Crippen molar-refractivity contribution in [3.63, 3.8) is 0 Å². The minimum absolute atomic E-state index is 0.180. The summed E-state index contributed by atoms with van der Waals surface area (Å²) >= 11 is 5.95. The molecule has 0 unspecified atom stereocenters. The Kier molecular flexibility index (Phi) is 4.22. The lowest BCUT2D eigenvalue weighted by molar-refractivity contribution is -0.274. The number of anilines is 1. The fourth-order valence-electron chi connectivity index (χ4n) is 1.79. The van der Waals surface area contributed by atoms with Gasteiger partial charge in [0.15, 0.2) is 0 Å². The second kappa shape index (κ2) is 5.89. The van der Waals surface area contributed by atoms with Crippen LogP contribution in [0.15, 0.2) is 18.2 Å². The normalized spacial score (nSPS) is 18.3. The summed E-state index contributed by atoms with van der Waals surface area (Å²) in [5, 5.41) is 9.10. The Hall–Kier alpha value is -1.81. The number of carbonyl (C=O) groups is 1. The average molecular weight is 283 g/mol. The van der Waals surface area contributed by atoms with Gasteiger partial charge in [0.2, 0.25) is 0 Å². The van der Waals surface area contributed by atoms with Crippen LogP contribution < -0.4 is 4.90 Å². The smallest absolute Gasteiger partial charge is 0.414 e. The summed E-state index contributed by atoms with van der Waals surface area (Å²) in [5.74, 6) is 0. The van der Waals surface area contributed by atoms with Crippen molar-refractivity contribution < 1.29 is 19.3 Å². The molecule has 0 spiro atoms. The average Bonchev–Trinajstić information content (AvgIpc) is 2.77. The number of carbonyl (C=O) groups excluding carboxylic acids is 1. The largest absolute Gasteiger partial charge is 0.447 e. The van der Waals surface area contributed by atoms with Crippen molar-refractivity contribution in [2.75, 3.05) is 25.2 Å². The Bertz CT molecular complexity index is 529. The van der Waals surface area contributed by atoms with E-state index in [2.05, 4.69) is 4.89 Å². The Morgan fingerprint density at radius 1 is 1.63 bits per heavy atom. The maximum Gasteiger partial charge on any atom is 0.414 e. The summed E-state index contributed by atoms with van der Waals surface area (Å²) < 4.78 is 4.97. The number of hydrogen-bond acceptors (Lipinski definition) is 5. The number of hydrogen-bond donors (Lipinski definition) is 0. The van der Waals surface area contributed by atoms with Crippen LogP contribution in [0.3, 0.4) is 0 Å². The van der Waals surface area contributed by atoms with Crippen LogP contribution in [0, 0.1) is 11.3 Å². The van der Waals surface area contributed by atoms with Crippen LogP contribution >= 0.6 is 11.6 Å². The summed E-state index contributed by atoms with van der Waals surface area (Å²) in [6.07, 6.45) is -0.481. The second-order valence-electron chi connectivity index (χ2n) is 3.83. The first kappa shape index (κ1) is 13.6. The van der Waals surface area contributed by atoms with Gasteiger partial charge in [-0.05, 0) is 18.2 Å². The third kappa shape index (κ3) is 2.79. The SMILES string of the molecule is COOC[C@H]1COC(=O)N1c1ccc(C#N)c(Cl)c1. The van der Waals surface area contributed by atoms with Crippen molar-refractivity contribution in [3.8, 4) is 6.07 Å². The van der Waals surface area contributed by atoms with Gasteiger partial charge in [-0.15, -0.1) is 0 Å².